The van der Waals surface area contributed by atoms with E-state index in [9.17, 15) is 4.79 Å². The van der Waals surface area contributed by atoms with Gasteiger partial charge in [-0.3, -0.25) is 9.48 Å². The number of carbonyl (C=O) groups excluding carboxylic acids is 1. The first-order valence-corrected chi connectivity index (χ1v) is 5.98. The van der Waals surface area contributed by atoms with Crippen LogP contribution in [0.15, 0.2) is 28.7 Å². The largest absolute Gasteiger partial charge is 0.349 e. The number of rotatable bonds is 4. The number of hydrogen-bond donors (Lipinski definition) is 2. The third-order valence-corrected chi connectivity index (χ3v) is 3.27. The van der Waals surface area contributed by atoms with Crippen molar-refractivity contribution >= 4 is 29.9 Å². The van der Waals surface area contributed by atoms with Crippen LogP contribution < -0.4 is 5.32 Å². The Balaban J connectivity index is 1.80. The van der Waals surface area contributed by atoms with E-state index in [1.54, 1.807) is 23.1 Å². The molecule has 2 aromatic rings. The highest BCUT2D eigenvalue weighted by Gasteiger charge is 2.06. The smallest absolute Gasteiger partial charge is 0.261 e. The van der Waals surface area contributed by atoms with E-state index < -0.39 is 0 Å². The molecule has 0 aromatic carbocycles. The van der Waals surface area contributed by atoms with Gasteiger partial charge in [-0.05, 0) is 6.07 Å². The second-order valence-electron chi connectivity index (χ2n) is 3.09. The number of nitrogens with zero attached hydrogens (tertiary/aromatic N) is 3. The minimum Gasteiger partial charge on any atom is -0.349 e. The molecule has 1 amide bonds. The van der Waals surface area contributed by atoms with E-state index in [-0.39, 0.29) is 5.91 Å². The fraction of sp³-hybridized carbons (Fsp3) is 0.222. The van der Waals surface area contributed by atoms with Crippen LogP contribution in [0, 0.1) is 0 Å². The summed E-state index contributed by atoms with van der Waals surface area (Å²) in [4.78, 5) is 13.1. The molecule has 0 saturated carbocycles. The van der Waals surface area contributed by atoms with Crippen molar-refractivity contribution in [1.82, 2.24) is 20.3 Å². The highest BCUT2D eigenvalue weighted by molar-refractivity contribution is 7.80. The van der Waals surface area contributed by atoms with Crippen LogP contribution in [-0.4, -0.2) is 27.4 Å². The molecule has 2 rings (SSSR count). The van der Waals surface area contributed by atoms with Crippen LogP contribution in [0.25, 0.3) is 0 Å². The Morgan fingerprint density at radius 3 is 3.12 bits per heavy atom. The van der Waals surface area contributed by atoms with Crippen molar-refractivity contribution in [3.63, 3.8) is 0 Å². The number of thiophene rings is 1. The van der Waals surface area contributed by atoms with Crippen molar-refractivity contribution in [3.05, 3.63) is 28.7 Å². The average Bonchev–Trinajstić information content (AvgIpc) is 2.89. The van der Waals surface area contributed by atoms with Crippen LogP contribution in [-0.2, 0) is 6.54 Å². The number of nitrogens with one attached hydrogen (secondary N) is 1. The Labute approximate surface area is 102 Å². The maximum atomic E-state index is 11.6. The van der Waals surface area contributed by atoms with Gasteiger partial charge in [-0.15, -0.1) is 29.1 Å². The molecule has 0 fully saturated rings. The van der Waals surface area contributed by atoms with Crippen molar-refractivity contribution in [2.75, 3.05) is 6.54 Å². The molecule has 2 heterocycles. The van der Waals surface area contributed by atoms with E-state index in [4.69, 9.17) is 0 Å². The van der Waals surface area contributed by atoms with Gasteiger partial charge in [-0.25, -0.2) is 0 Å². The monoisotopic (exact) mass is 254 g/mol. The molecule has 84 valence electrons. The zero-order valence-corrected chi connectivity index (χ0v) is 10.0. The van der Waals surface area contributed by atoms with E-state index >= 15 is 0 Å². The van der Waals surface area contributed by atoms with Crippen LogP contribution in [0.2, 0.25) is 0 Å². The first kappa shape index (κ1) is 11.2. The van der Waals surface area contributed by atoms with E-state index in [1.165, 1.54) is 11.3 Å². The maximum Gasteiger partial charge on any atom is 0.261 e. The molecule has 0 aliphatic rings. The zero-order valence-electron chi connectivity index (χ0n) is 8.33. The van der Waals surface area contributed by atoms with E-state index in [0.717, 1.165) is 4.90 Å². The van der Waals surface area contributed by atoms with Crippen molar-refractivity contribution in [2.24, 2.45) is 0 Å². The molecule has 1 N–H and O–H groups in total. The minimum atomic E-state index is -0.0783. The molecule has 16 heavy (non-hydrogen) atoms. The Morgan fingerprint density at radius 2 is 2.50 bits per heavy atom. The Bertz CT molecular complexity index is 466. The molecule has 0 radical (unpaired) electrons. The van der Waals surface area contributed by atoms with Crippen LogP contribution in [0.1, 0.15) is 9.67 Å². The van der Waals surface area contributed by atoms with Gasteiger partial charge in [0.15, 0.2) is 0 Å². The summed E-state index contributed by atoms with van der Waals surface area (Å²) < 4.78 is 1.67. The van der Waals surface area contributed by atoms with Crippen molar-refractivity contribution in [3.8, 4) is 0 Å². The molecule has 5 nitrogen and oxygen atoms in total. The van der Waals surface area contributed by atoms with E-state index in [1.807, 2.05) is 5.38 Å². The van der Waals surface area contributed by atoms with Crippen molar-refractivity contribution in [1.29, 1.82) is 0 Å². The topological polar surface area (TPSA) is 59.8 Å². The predicted octanol–water partition coefficient (Wildman–Crippen LogP) is 1.06. The molecule has 0 saturated heterocycles. The first-order valence-electron chi connectivity index (χ1n) is 4.65. The molecule has 0 aliphatic heterocycles. The van der Waals surface area contributed by atoms with Crippen LogP contribution in [0.3, 0.4) is 0 Å². The lowest BCUT2D eigenvalue weighted by Gasteiger charge is -2.02. The van der Waals surface area contributed by atoms with Crippen LogP contribution >= 0.6 is 24.0 Å². The van der Waals surface area contributed by atoms with Gasteiger partial charge >= 0.3 is 0 Å². The predicted molar refractivity (Wildman–Crippen MR) is 63.9 cm³/mol. The van der Waals surface area contributed by atoms with Gasteiger partial charge < -0.3 is 5.32 Å². The van der Waals surface area contributed by atoms with E-state index in [0.29, 0.717) is 18.0 Å². The van der Waals surface area contributed by atoms with Gasteiger partial charge in [-0.1, -0.05) is 5.21 Å². The molecular formula is C9H10N4OS2. The summed E-state index contributed by atoms with van der Waals surface area (Å²) in [5.74, 6) is -0.0783. The highest BCUT2D eigenvalue weighted by Crippen LogP contribution is 2.17. The fourth-order valence-electron chi connectivity index (χ4n) is 1.17. The summed E-state index contributed by atoms with van der Waals surface area (Å²) >= 11 is 5.53. The SMILES string of the molecule is O=C(NCCn1ccnn1)c1cc(S)cs1. The Hall–Kier alpha value is -1.34. The quantitative estimate of drug-likeness (QED) is 0.802. The lowest BCUT2D eigenvalue weighted by Crippen LogP contribution is -2.26. The van der Waals surface area contributed by atoms with Gasteiger partial charge in [0.2, 0.25) is 0 Å². The summed E-state index contributed by atoms with van der Waals surface area (Å²) in [5.41, 5.74) is 0. The molecular weight excluding hydrogens is 244 g/mol. The molecule has 0 atom stereocenters. The molecule has 0 bridgehead atoms. The molecule has 0 spiro atoms. The second-order valence-corrected chi connectivity index (χ2v) is 4.52. The Kier molecular flexibility index (Phi) is 3.58. The summed E-state index contributed by atoms with van der Waals surface area (Å²) in [6.45, 7) is 1.15. The number of amides is 1. The van der Waals surface area contributed by atoms with Crippen molar-refractivity contribution < 1.29 is 4.79 Å². The van der Waals surface area contributed by atoms with Gasteiger partial charge in [0.25, 0.3) is 5.91 Å². The normalized spacial score (nSPS) is 10.3. The summed E-state index contributed by atoms with van der Waals surface area (Å²) in [6.07, 6.45) is 3.36. The fourth-order valence-corrected chi connectivity index (χ4v) is 2.23. The summed E-state index contributed by atoms with van der Waals surface area (Å²) in [5, 5.41) is 12.1. The zero-order chi connectivity index (χ0) is 11.4. The maximum absolute atomic E-state index is 11.6. The van der Waals surface area contributed by atoms with Crippen LogP contribution in [0.5, 0.6) is 0 Å². The molecule has 0 aliphatic carbocycles. The number of carbonyl (C=O) groups is 1. The number of thiol groups is 1. The van der Waals surface area contributed by atoms with Gasteiger partial charge in [0.1, 0.15) is 0 Å². The average molecular weight is 254 g/mol. The van der Waals surface area contributed by atoms with Crippen LogP contribution in [0.4, 0.5) is 0 Å². The van der Waals surface area contributed by atoms with Gasteiger partial charge in [-0.2, -0.15) is 0 Å². The third-order valence-electron chi connectivity index (χ3n) is 1.91. The Morgan fingerprint density at radius 1 is 1.62 bits per heavy atom. The lowest BCUT2D eigenvalue weighted by molar-refractivity contribution is 0.0956. The van der Waals surface area contributed by atoms with Crippen molar-refractivity contribution in [2.45, 2.75) is 11.4 Å². The number of aromatic nitrogens is 3. The molecule has 7 heteroatoms. The van der Waals surface area contributed by atoms with Gasteiger partial charge in [0, 0.05) is 23.0 Å². The minimum absolute atomic E-state index is 0.0783. The molecule has 0 unspecified atom stereocenters. The lowest BCUT2D eigenvalue weighted by atomic mass is 10.4. The summed E-state index contributed by atoms with van der Waals surface area (Å²) in [6, 6.07) is 1.75. The van der Waals surface area contributed by atoms with Gasteiger partial charge in [0.05, 0.1) is 17.6 Å². The van der Waals surface area contributed by atoms with E-state index in [2.05, 4.69) is 28.3 Å². The third kappa shape index (κ3) is 2.83. The molecule has 2 aromatic heterocycles. The number of hydrogen-bond acceptors (Lipinski definition) is 5. The second kappa shape index (κ2) is 5.13. The summed E-state index contributed by atoms with van der Waals surface area (Å²) in [7, 11) is 0. The highest BCUT2D eigenvalue weighted by atomic mass is 32.1. The first-order chi connectivity index (χ1) is 7.75. The standard InChI is InChI=1S/C9H10N4OS2/c14-9(8-5-7(15)6-16-8)10-1-3-13-4-2-11-12-13/h2,4-6,15H,1,3H2,(H,10,14).